The monoisotopic (exact) mass is 262 g/mol. The smallest absolute Gasteiger partial charge is 0.251 e. The molecule has 0 aliphatic heterocycles. The van der Waals surface area contributed by atoms with Gasteiger partial charge >= 0.3 is 0 Å². The van der Waals surface area contributed by atoms with Crippen molar-refractivity contribution in [2.45, 2.75) is 6.92 Å². The van der Waals surface area contributed by atoms with Gasteiger partial charge in [0.2, 0.25) is 5.13 Å². The van der Waals surface area contributed by atoms with Crippen LogP contribution in [0, 0.1) is 6.92 Å². The lowest BCUT2D eigenvalue weighted by molar-refractivity contribution is 0.0955. The van der Waals surface area contributed by atoms with Crippen molar-refractivity contribution < 1.29 is 4.79 Å². The van der Waals surface area contributed by atoms with E-state index in [0.29, 0.717) is 18.7 Å². The highest BCUT2D eigenvalue weighted by Gasteiger charge is 2.03. The first-order valence-electron chi connectivity index (χ1n) is 5.61. The van der Waals surface area contributed by atoms with Gasteiger partial charge in [-0.25, -0.2) is 4.98 Å². The number of amides is 1. The number of aryl methyl sites for hydroxylation is 1. The molecular formula is C12H14N4OS. The van der Waals surface area contributed by atoms with Gasteiger partial charge in [0.1, 0.15) is 6.33 Å². The van der Waals surface area contributed by atoms with Crippen LogP contribution < -0.4 is 10.6 Å². The number of rotatable bonds is 5. The summed E-state index contributed by atoms with van der Waals surface area (Å²) in [6.07, 6.45) is 1.50. The molecule has 0 saturated carbocycles. The molecule has 1 heterocycles. The van der Waals surface area contributed by atoms with Gasteiger partial charge in [-0.2, -0.15) is 4.37 Å². The first kappa shape index (κ1) is 12.5. The van der Waals surface area contributed by atoms with Crippen LogP contribution in [0.25, 0.3) is 0 Å². The van der Waals surface area contributed by atoms with Crippen LogP contribution in [0.1, 0.15) is 15.9 Å². The van der Waals surface area contributed by atoms with E-state index >= 15 is 0 Å². The van der Waals surface area contributed by atoms with Crippen LogP contribution in [0.4, 0.5) is 5.13 Å². The van der Waals surface area contributed by atoms with Crippen molar-refractivity contribution in [3.05, 3.63) is 41.7 Å². The van der Waals surface area contributed by atoms with Crippen molar-refractivity contribution >= 4 is 22.6 Å². The molecule has 94 valence electrons. The van der Waals surface area contributed by atoms with E-state index in [1.165, 1.54) is 17.9 Å². The fourth-order valence-corrected chi connectivity index (χ4v) is 1.86. The average molecular weight is 262 g/mol. The number of hydrogen-bond donors (Lipinski definition) is 2. The van der Waals surface area contributed by atoms with Crippen LogP contribution in [0.5, 0.6) is 0 Å². The van der Waals surface area contributed by atoms with E-state index in [1.54, 1.807) is 0 Å². The van der Waals surface area contributed by atoms with Gasteiger partial charge in [-0.1, -0.05) is 17.7 Å². The number of carbonyl (C=O) groups excluding carboxylic acids is 1. The van der Waals surface area contributed by atoms with Gasteiger partial charge in [0, 0.05) is 30.2 Å². The maximum Gasteiger partial charge on any atom is 0.251 e. The summed E-state index contributed by atoms with van der Waals surface area (Å²) in [4.78, 5) is 15.7. The zero-order chi connectivity index (χ0) is 12.8. The normalized spacial score (nSPS) is 10.1. The number of nitrogens with one attached hydrogen (secondary N) is 2. The third-order valence-electron chi connectivity index (χ3n) is 2.36. The Hall–Kier alpha value is -1.95. The second-order valence-corrected chi connectivity index (χ2v) is 4.58. The molecule has 1 aromatic heterocycles. The Kier molecular flexibility index (Phi) is 4.25. The molecule has 5 nitrogen and oxygen atoms in total. The molecule has 0 aliphatic rings. The lowest BCUT2D eigenvalue weighted by Crippen LogP contribution is -2.28. The Balaban J connectivity index is 1.73. The first-order chi connectivity index (χ1) is 8.75. The molecule has 1 amide bonds. The molecule has 0 saturated heterocycles. The fraction of sp³-hybridized carbons (Fsp3) is 0.250. The van der Waals surface area contributed by atoms with Gasteiger partial charge in [0.15, 0.2) is 0 Å². The number of hydrogen-bond acceptors (Lipinski definition) is 5. The van der Waals surface area contributed by atoms with Gasteiger partial charge < -0.3 is 10.6 Å². The van der Waals surface area contributed by atoms with Gasteiger partial charge in [-0.05, 0) is 19.1 Å². The predicted molar refractivity (Wildman–Crippen MR) is 71.9 cm³/mol. The topological polar surface area (TPSA) is 66.9 Å². The zero-order valence-electron chi connectivity index (χ0n) is 10.0. The highest BCUT2D eigenvalue weighted by Crippen LogP contribution is 2.05. The molecule has 2 rings (SSSR count). The minimum Gasteiger partial charge on any atom is -0.359 e. The number of anilines is 1. The van der Waals surface area contributed by atoms with Crippen LogP contribution >= 0.6 is 11.5 Å². The summed E-state index contributed by atoms with van der Waals surface area (Å²) in [5, 5.41) is 6.67. The average Bonchev–Trinajstić information content (AvgIpc) is 2.88. The first-order valence-corrected chi connectivity index (χ1v) is 6.38. The summed E-state index contributed by atoms with van der Waals surface area (Å²) in [7, 11) is 0. The molecule has 0 radical (unpaired) electrons. The minimum absolute atomic E-state index is 0.0611. The van der Waals surface area contributed by atoms with E-state index in [0.717, 1.165) is 10.7 Å². The SMILES string of the molecule is Cc1ccc(C(=O)NCCNc2ncns2)cc1. The van der Waals surface area contributed by atoms with Crippen molar-refractivity contribution in [3.8, 4) is 0 Å². The Morgan fingerprint density at radius 1 is 1.28 bits per heavy atom. The van der Waals surface area contributed by atoms with Crippen LogP contribution in [0.15, 0.2) is 30.6 Å². The lowest BCUT2D eigenvalue weighted by Gasteiger charge is -2.05. The molecule has 0 unspecified atom stereocenters. The molecule has 6 heteroatoms. The molecule has 1 aromatic carbocycles. The Labute approximate surface area is 109 Å². The maximum absolute atomic E-state index is 11.8. The zero-order valence-corrected chi connectivity index (χ0v) is 10.8. The van der Waals surface area contributed by atoms with Crippen molar-refractivity contribution in [2.75, 3.05) is 18.4 Å². The maximum atomic E-state index is 11.8. The summed E-state index contributed by atoms with van der Waals surface area (Å²) in [5.74, 6) is -0.0611. The van der Waals surface area contributed by atoms with E-state index < -0.39 is 0 Å². The van der Waals surface area contributed by atoms with E-state index in [9.17, 15) is 4.79 Å². The number of aromatic nitrogens is 2. The van der Waals surface area contributed by atoms with Crippen LogP contribution in [-0.4, -0.2) is 28.4 Å². The number of nitrogens with zero attached hydrogens (tertiary/aromatic N) is 2. The van der Waals surface area contributed by atoms with E-state index in [4.69, 9.17) is 0 Å². The van der Waals surface area contributed by atoms with E-state index in [2.05, 4.69) is 20.0 Å². The van der Waals surface area contributed by atoms with Crippen LogP contribution in [0.3, 0.4) is 0 Å². The number of benzene rings is 1. The van der Waals surface area contributed by atoms with Crippen molar-refractivity contribution in [1.29, 1.82) is 0 Å². The lowest BCUT2D eigenvalue weighted by atomic mass is 10.1. The predicted octanol–water partition coefficient (Wildman–Crippen LogP) is 1.69. The Morgan fingerprint density at radius 3 is 2.72 bits per heavy atom. The van der Waals surface area contributed by atoms with E-state index in [1.807, 2.05) is 31.2 Å². The second-order valence-electron chi connectivity index (χ2n) is 3.80. The van der Waals surface area contributed by atoms with Crippen LogP contribution in [-0.2, 0) is 0 Å². The molecule has 18 heavy (non-hydrogen) atoms. The third kappa shape index (κ3) is 3.53. The standard InChI is InChI=1S/C12H14N4OS/c1-9-2-4-10(5-3-9)11(17)13-6-7-14-12-15-8-16-18-12/h2-5,8H,6-7H2,1H3,(H,13,17)(H,14,15,16). The van der Waals surface area contributed by atoms with E-state index in [-0.39, 0.29) is 5.91 Å². The van der Waals surface area contributed by atoms with Crippen molar-refractivity contribution in [1.82, 2.24) is 14.7 Å². The Morgan fingerprint density at radius 2 is 2.06 bits per heavy atom. The van der Waals surface area contributed by atoms with Crippen molar-refractivity contribution in [3.63, 3.8) is 0 Å². The van der Waals surface area contributed by atoms with Gasteiger partial charge in [0.25, 0.3) is 5.91 Å². The summed E-state index contributed by atoms with van der Waals surface area (Å²) in [5.41, 5.74) is 1.82. The van der Waals surface area contributed by atoms with Gasteiger partial charge in [-0.15, -0.1) is 0 Å². The third-order valence-corrected chi connectivity index (χ3v) is 2.98. The molecule has 0 fully saturated rings. The molecular weight excluding hydrogens is 248 g/mol. The Bertz CT molecular complexity index is 495. The van der Waals surface area contributed by atoms with Gasteiger partial charge in [0.05, 0.1) is 0 Å². The molecule has 2 aromatic rings. The fourth-order valence-electron chi connectivity index (χ4n) is 1.40. The summed E-state index contributed by atoms with van der Waals surface area (Å²) in [6, 6.07) is 7.49. The highest BCUT2D eigenvalue weighted by molar-refractivity contribution is 7.09. The molecule has 0 spiro atoms. The molecule has 2 N–H and O–H groups in total. The minimum atomic E-state index is -0.0611. The highest BCUT2D eigenvalue weighted by atomic mass is 32.1. The quantitative estimate of drug-likeness (QED) is 0.805. The van der Waals surface area contributed by atoms with Crippen LogP contribution in [0.2, 0.25) is 0 Å². The van der Waals surface area contributed by atoms with Crippen molar-refractivity contribution in [2.24, 2.45) is 0 Å². The largest absolute Gasteiger partial charge is 0.359 e. The second kappa shape index (κ2) is 6.11. The molecule has 0 bridgehead atoms. The van der Waals surface area contributed by atoms with Gasteiger partial charge in [-0.3, -0.25) is 4.79 Å². The summed E-state index contributed by atoms with van der Waals surface area (Å²) < 4.78 is 3.87. The number of carbonyl (C=O) groups is 1. The summed E-state index contributed by atoms with van der Waals surface area (Å²) in [6.45, 7) is 3.17. The molecule has 0 atom stereocenters. The summed E-state index contributed by atoms with van der Waals surface area (Å²) >= 11 is 1.29. The molecule has 0 aliphatic carbocycles.